The molecule has 20 heteroatoms. The molecule has 1 fully saturated rings. The van der Waals surface area contributed by atoms with Gasteiger partial charge in [-0.15, -0.1) is 0 Å². The minimum absolute atomic E-state index is 0. The summed E-state index contributed by atoms with van der Waals surface area (Å²) in [4.78, 5) is 82.4. The van der Waals surface area contributed by atoms with E-state index in [4.69, 9.17) is 26.8 Å². The van der Waals surface area contributed by atoms with Gasteiger partial charge in [0, 0.05) is 44.7 Å². The first kappa shape index (κ1) is 50.7. The fourth-order valence-electron chi connectivity index (χ4n) is 1.95. The number of imide groups is 1. The molecular weight excluding hydrogens is 566 g/mol. The Morgan fingerprint density at radius 2 is 1.32 bits per heavy atom. The van der Waals surface area contributed by atoms with Gasteiger partial charge in [0.1, 0.15) is 6.04 Å². The first-order valence-corrected chi connectivity index (χ1v) is 10.4. The van der Waals surface area contributed by atoms with Crippen molar-refractivity contribution in [3.8, 4) is 0 Å². The van der Waals surface area contributed by atoms with Crippen LogP contribution in [0.2, 0.25) is 0 Å². The predicted molar refractivity (Wildman–Crippen MR) is 121 cm³/mol. The number of carbonyl (C=O) groups excluding carboxylic acids is 5. The minimum atomic E-state index is -1.54. The molecule has 0 aromatic heterocycles. The number of hydrogen-bond donors (Lipinski definition) is 6. The Morgan fingerprint density at radius 1 is 0.925 bits per heavy atom. The molecule has 10 N–H and O–H groups in total. The van der Waals surface area contributed by atoms with E-state index in [1.54, 1.807) is 6.92 Å². The van der Waals surface area contributed by atoms with Crippen molar-refractivity contribution < 1.29 is 128 Å². The van der Waals surface area contributed by atoms with Crippen LogP contribution in [-0.4, -0.2) is 99.4 Å². The number of rotatable bonds is 9. The van der Waals surface area contributed by atoms with Gasteiger partial charge < -0.3 is 57.4 Å². The molecule has 0 saturated carbocycles. The van der Waals surface area contributed by atoms with Crippen LogP contribution in [0.15, 0.2) is 0 Å². The summed E-state index contributed by atoms with van der Waals surface area (Å²) >= 11 is 0. The summed E-state index contributed by atoms with van der Waals surface area (Å²) in [6.45, 7) is 3.20. The van der Waals surface area contributed by atoms with E-state index in [0.717, 1.165) is 0 Å². The Labute approximate surface area is 273 Å². The molecule has 1 heterocycles. The molecule has 0 aliphatic carbocycles. The molecule has 4 unspecified atom stereocenters. The standard InChI is InChI=1S/C6H11NO3.C6H9NO2.2C4H7NO4.2Na.H2O/c1-4(6(9)10)3-5(8)7-2;1-4-3-5(8)7(2)6(4)9;2*5-2(4(8)9)1-3(6)7;;;/h4H,3H2,1-2H3,(H,7,8)(H,9,10);4H,3H2,1-2H3;2*2H,1,5H2,(H,6,7)(H,8,9);;;1H2/q;;;;2*+1;/p-2. The first-order chi connectivity index (χ1) is 16.8. The van der Waals surface area contributed by atoms with Crippen molar-refractivity contribution in [2.24, 2.45) is 23.3 Å². The van der Waals surface area contributed by atoms with Gasteiger partial charge in [0.05, 0.1) is 24.9 Å². The average molecular weight is 600 g/mol. The van der Waals surface area contributed by atoms with Gasteiger partial charge in [0.2, 0.25) is 17.7 Å². The van der Waals surface area contributed by atoms with E-state index in [2.05, 4.69) is 5.32 Å². The molecule has 1 aliphatic rings. The van der Waals surface area contributed by atoms with Crippen molar-refractivity contribution in [1.82, 2.24) is 10.2 Å². The molecule has 1 saturated heterocycles. The Balaban J connectivity index is -0.0000000940. The maximum absolute atomic E-state index is 10.8. The van der Waals surface area contributed by atoms with Crippen LogP contribution in [0.5, 0.6) is 0 Å². The van der Waals surface area contributed by atoms with Gasteiger partial charge >= 0.3 is 77.0 Å². The summed E-state index contributed by atoms with van der Waals surface area (Å²) in [6.07, 6.45) is -0.758. The Kier molecular flexibility index (Phi) is 34.2. The van der Waals surface area contributed by atoms with E-state index >= 15 is 0 Å². The third-order valence-electron chi connectivity index (χ3n) is 4.19. The summed E-state index contributed by atoms with van der Waals surface area (Å²) in [7, 11) is 2.98. The monoisotopic (exact) mass is 600 g/mol. The average Bonchev–Trinajstić information content (AvgIpc) is 2.99. The zero-order valence-corrected chi connectivity index (χ0v) is 27.2. The number of carboxylic acids is 5. The van der Waals surface area contributed by atoms with Crippen LogP contribution >= 0.6 is 0 Å². The molecule has 3 amide bonds. The van der Waals surface area contributed by atoms with Gasteiger partial charge in [-0.1, -0.05) is 13.8 Å². The Bertz CT molecular complexity index is 824. The number of carbonyl (C=O) groups is 8. The van der Waals surface area contributed by atoms with Crippen molar-refractivity contribution in [3.63, 3.8) is 0 Å². The first-order valence-electron chi connectivity index (χ1n) is 10.4. The molecule has 1 rings (SSSR count). The van der Waals surface area contributed by atoms with Crippen molar-refractivity contribution in [2.75, 3.05) is 14.1 Å². The fourth-order valence-corrected chi connectivity index (χ4v) is 1.95. The van der Waals surface area contributed by atoms with E-state index in [1.807, 2.05) is 0 Å². The van der Waals surface area contributed by atoms with Gasteiger partial charge in [0.15, 0.2) is 0 Å². The quantitative estimate of drug-likeness (QED) is 0.106. The van der Waals surface area contributed by atoms with Crippen LogP contribution in [0.3, 0.4) is 0 Å². The van der Waals surface area contributed by atoms with E-state index in [0.29, 0.717) is 6.42 Å². The summed E-state index contributed by atoms with van der Waals surface area (Å²) in [6, 6.07) is -2.69. The number of nitrogens with one attached hydrogen (secondary N) is 1. The second kappa shape index (κ2) is 27.0. The number of aliphatic carboxylic acids is 5. The molecule has 0 spiro atoms. The zero-order chi connectivity index (χ0) is 30.0. The SMILES string of the molecule is CC1CC(=O)N(C)C1=O.CNC(=O)CC(C)C(=O)[O-].NC(CC(=O)O)C(=O)O.NC(CC(=O)O)C(=O)[O-].O.[Na+].[Na+]. The number of carboxylic acid groups (broad SMARTS) is 5. The third kappa shape index (κ3) is 27.4. The van der Waals surface area contributed by atoms with Crippen LogP contribution in [-0.2, 0) is 38.4 Å². The van der Waals surface area contributed by atoms with Gasteiger partial charge in [-0.25, -0.2) is 0 Å². The maximum Gasteiger partial charge on any atom is 1.00 e. The molecule has 40 heavy (non-hydrogen) atoms. The number of likely N-dealkylation sites (tertiary alicyclic amines) is 1. The number of nitrogens with zero attached hydrogens (tertiary/aromatic N) is 1. The smallest absolute Gasteiger partial charge is 0.550 e. The van der Waals surface area contributed by atoms with Crippen LogP contribution in [0.4, 0.5) is 0 Å². The molecule has 0 radical (unpaired) electrons. The maximum atomic E-state index is 10.8. The Morgan fingerprint density at radius 3 is 1.48 bits per heavy atom. The molecule has 1 aliphatic heterocycles. The van der Waals surface area contributed by atoms with Crippen molar-refractivity contribution >= 4 is 47.6 Å². The third-order valence-corrected chi connectivity index (χ3v) is 4.19. The summed E-state index contributed by atoms with van der Waals surface area (Å²) in [5.74, 6) is -7.68. The molecule has 18 nitrogen and oxygen atoms in total. The van der Waals surface area contributed by atoms with E-state index in [9.17, 15) is 48.6 Å². The van der Waals surface area contributed by atoms with Gasteiger partial charge in [-0.05, 0) is 0 Å². The number of hydrogen-bond acceptors (Lipinski definition) is 12. The van der Waals surface area contributed by atoms with E-state index in [-0.39, 0.29) is 94.7 Å². The van der Waals surface area contributed by atoms with Gasteiger partial charge in [-0.3, -0.25) is 33.7 Å². The predicted octanol–water partition coefficient (Wildman–Crippen LogP) is -11.9. The van der Waals surface area contributed by atoms with Gasteiger partial charge in [0.25, 0.3) is 0 Å². The summed E-state index contributed by atoms with van der Waals surface area (Å²) < 4.78 is 0. The topological polar surface area (TPSA) is 342 Å². The molecule has 0 aromatic carbocycles. The minimum Gasteiger partial charge on any atom is -0.550 e. The van der Waals surface area contributed by atoms with Crippen LogP contribution in [0, 0.1) is 11.8 Å². The van der Waals surface area contributed by atoms with Crippen LogP contribution in [0.1, 0.15) is 39.5 Å². The number of amides is 3. The molecule has 220 valence electrons. The molecule has 0 aromatic rings. The largest absolute Gasteiger partial charge is 1.00 e. The van der Waals surface area contributed by atoms with Crippen molar-refractivity contribution in [1.29, 1.82) is 0 Å². The van der Waals surface area contributed by atoms with Crippen molar-refractivity contribution in [2.45, 2.75) is 51.6 Å². The zero-order valence-electron chi connectivity index (χ0n) is 23.2. The van der Waals surface area contributed by atoms with Crippen molar-refractivity contribution in [3.05, 3.63) is 0 Å². The van der Waals surface area contributed by atoms with Gasteiger partial charge in [-0.2, -0.15) is 0 Å². The van der Waals surface area contributed by atoms with E-state index < -0.39 is 60.7 Å². The summed E-state index contributed by atoms with van der Waals surface area (Å²) in [5.41, 5.74) is 9.61. The fraction of sp³-hybridized carbons (Fsp3) is 0.600. The molecule has 4 atom stereocenters. The van der Waals surface area contributed by atoms with Crippen LogP contribution in [0.25, 0.3) is 0 Å². The van der Waals surface area contributed by atoms with E-state index in [1.165, 1.54) is 25.9 Å². The number of nitrogens with two attached hydrogens (primary N) is 2. The normalized spacial score (nSPS) is 14.9. The summed E-state index contributed by atoms with van der Waals surface area (Å²) in [5, 5.41) is 46.1. The Hall–Kier alpha value is -2.16. The second-order valence-electron chi connectivity index (χ2n) is 7.56. The molecule has 0 bridgehead atoms. The second-order valence-corrected chi connectivity index (χ2v) is 7.56. The molecular formula is C20H34N4Na2O14. The van der Waals surface area contributed by atoms with Crippen LogP contribution < -0.4 is 86.1 Å².